The third-order valence-electron chi connectivity index (χ3n) is 5.08. The number of rotatable bonds is 2. The molecule has 1 heterocycles. The highest BCUT2D eigenvalue weighted by atomic mass is 16.5. The van der Waals surface area contributed by atoms with Crippen LogP contribution in [0.15, 0.2) is 54.6 Å². The number of carbonyl (C=O) groups is 1. The normalized spacial score (nSPS) is 32.1. The minimum absolute atomic E-state index is 0.201. The molecule has 4 heteroatoms. The molecule has 2 aliphatic rings. The van der Waals surface area contributed by atoms with Gasteiger partial charge in [0.15, 0.2) is 0 Å². The van der Waals surface area contributed by atoms with Crippen LogP contribution in [-0.2, 0) is 19.9 Å². The van der Waals surface area contributed by atoms with Crippen LogP contribution in [0.25, 0.3) is 0 Å². The van der Waals surface area contributed by atoms with Gasteiger partial charge in [-0.3, -0.25) is 4.79 Å². The molecule has 4 rings (SSSR count). The maximum Gasteiger partial charge on any atom is 0.313 e. The fourth-order valence-corrected chi connectivity index (χ4v) is 4.10. The van der Waals surface area contributed by atoms with Crippen molar-refractivity contribution < 1.29 is 19.4 Å². The van der Waals surface area contributed by atoms with Crippen molar-refractivity contribution in [2.45, 2.75) is 11.7 Å². The molecule has 1 N–H and O–H groups in total. The molecule has 0 bridgehead atoms. The van der Waals surface area contributed by atoms with Crippen molar-refractivity contribution >= 4 is 5.97 Å². The molecular formula is C19H18O4. The first-order valence-corrected chi connectivity index (χ1v) is 7.74. The highest BCUT2D eigenvalue weighted by Crippen LogP contribution is 2.54. The summed E-state index contributed by atoms with van der Waals surface area (Å²) in [7, 11) is 1.63. The van der Waals surface area contributed by atoms with Gasteiger partial charge in [0.25, 0.3) is 0 Å². The zero-order valence-corrected chi connectivity index (χ0v) is 12.8. The summed E-state index contributed by atoms with van der Waals surface area (Å²) in [6.45, 7) is 0.269. The van der Waals surface area contributed by atoms with E-state index in [0.29, 0.717) is 5.56 Å². The molecule has 4 atom stereocenters. The largest absolute Gasteiger partial charge is 0.465 e. The number of aliphatic hydroxyl groups is 1. The number of methoxy groups -OCH3 is 1. The Bertz CT molecular complexity index is 742. The first-order chi connectivity index (χ1) is 11.2. The molecule has 1 fully saturated rings. The van der Waals surface area contributed by atoms with Crippen molar-refractivity contribution in [3.63, 3.8) is 0 Å². The fraction of sp³-hybridized carbons (Fsp3) is 0.316. The molecular weight excluding hydrogens is 292 g/mol. The van der Waals surface area contributed by atoms with Crippen molar-refractivity contribution in [1.82, 2.24) is 0 Å². The Labute approximate surface area is 134 Å². The summed E-state index contributed by atoms with van der Waals surface area (Å²) in [5, 5.41) is 11.7. The van der Waals surface area contributed by atoms with E-state index < -0.39 is 11.5 Å². The minimum Gasteiger partial charge on any atom is -0.465 e. The Morgan fingerprint density at radius 3 is 2.57 bits per heavy atom. The van der Waals surface area contributed by atoms with E-state index in [2.05, 4.69) is 0 Å². The zero-order valence-electron chi connectivity index (χ0n) is 12.8. The third kappa shape index (κ3) is 1.89. The lowest BCUT2D eigenvalue weighted by Gasteiger charge is -2.44. The van der Waals surface area contributed by atoms with E-state index in [1.165, 1.54) is 0 Å². The van der Waals surface area contributed by atoms with Gasteiger partial charge in [-0.15, -0.1) is 0 Å². The Hall–Kier alpha value is -2.17. The lowest BCUT2D eigenvalue weighted by Crippen LogP contribution is -2.48. The zero-order chi connectivity index (χ0) is 16.0. The third-order valence-corrected chi connectivity index (χ3v) is 5.08. The van der Waals surface area contributed by atoms with Gasteiger partial charge >= 0.3 is 5.97 Å². The number of benzene rings is 2. The summed E-state index contributed by atoms with van der Waals surface area (Å²) >= 11 is 0. The average molecular weight is 310 g/mol. The van der Waals surface area contributed by atoms with Gasteiger partial charge in [0, 0.05) is 13.0 Å². The van der Waals surface area contributed by atoms with Gasteiger partial charge in [-0.25, -0.2) is 0 Å². The van der Waals surface area contributed by atoms with Crippen LogP contribution in [0.5, 0.6) is 0 Å². The highest BCUT2D eigenvalue weighted by molar-refractivity contribution is 5.79. The molecule has 2 aromatic carbocycles. The standard InChI is InChI=1S/C19H18O4/c1-22-17-13-9-5-6-10-15(13)19(21,12-7-3-2-4-8-12)16-14(17)11-23-18(16)20/h2-10,14,16-17,21H,11H2,1H3/t14-,16-,17-,19-/m1/s1. The fourth-order valence-electron chi connectivity index (χ4n) is 4.10. The molecule has 23 heavy (non-hydrogen) atoms. The van der Waals surface area contributed by atoms with Gasteiger partial charge < -0.3 is 14.6 Å². The van der Waals surface area contributed by atoms with E-state index in [4.69, 9.17) is 9.47 Å². The van der Waals surface area contributed by atoms with Crippen LogP contribution in [-0.4, -0.2) is 24.8 Å². The van der Waals surface area contributed by atoms with Crippen molar-refractivity contribution in [1.29, 1.82) is 0 Å². The van der Waals surface area contributed by atoms with E-state index in [1.807, 2.05) is 54.6 Å². The Balaban J connectivity index is 2.01. The monoisotopic (exact) mass is 310 g/mol. The topological polar surface area (TPSA) is 55.8 Å². The number of hydrogen-bond donors (Lipinski definition) is 1. The predicted octanol–water partition coefficient (Wildman–Crippen LogP) is 2.41. The molecule has 0 radical (unpaired) electrons. The van der Waals surface area contributed by atoms with Crippen molar-refractivity contribution in [3.8, 4) is 0 Å². The van der Waals surface area contributed by atoms with Gasteiger partial charge in [-0.05, 0) is 16.7 Å². The molecule has 1 aliphatic carbocycles. The van der Waals surface area contributed by atoms with E-state index in [1.54, 1.807) is 7.11 Å². The molecule has 2 aromatic rings. The SMILES string of the molecule is CO[C@@H]1c2ccccc2[C@](O)(c2ccccc2)[C@H]2C(=O)OC[C@@H]12. The first-order valence-electron chi connectivity index (χ1n) is 7.74. The molecule has 0 saturated carbocycles. The Morgan fingerprint density at radius 2 is 1.83 bits per heavy atom. The number of carbonyl (C=O) groups excluding carboxylic acids is 1. The molecule has 0 aromatic heterocycles. The summed E-state index contributed by atoms with van der Waals surface area (Å²) in [6.07, 6.45) is -0.258. The van der Waals surface area contributed by atoms with Gasteiger partial charge in [0.2, 0.25) is 0 Å². The second-order valence-electron chi connectivity index (χ2n) is 6.15. The Morgan fingerprint density at radius 1 is 1.13 bits per heavy atom. The van der Waals surface area contributed by atoms with Gasteiger partial charge in [-0.2, -0.15) is 0 Å². The summed E-state index contributed by atoms with van der Waals surface area (Å²) in [6, 6.07) is 17.0. The average Bonchev–Trinajstić information content (AvgIpc) is 2.99. The van der Waals surface area contributed by atoms with Gasteiger partial charge in [0.05, 0.1) is 12.7 Å². The molecule has 0 spiro atoms. The summed E-state index contributed by atoms with van der Waals surface area (Å²) in [4.78, 5) is 12.4. The summed E-state index contributed by atoms with van der Waals surface area (Å²) in [5.41, 5.74) is 0.945. The lowest BCUT2D eigenvalue weighted by molar-refractivity contribution is -0.149. The smallest absolute Gasteiger partial charge is 0.313 e. The van der Waals surface area contributed by atoms with E-state index >= 15 is 0 Å². The van der Waals surface area contributed by atoms with Crippen LogP contribution in [0.4, 0.5) is 0 Å². The quantitative estimate of drug-likeness (QED) is 0.866. The molecule has 1 aliphatic heterocycles. The molecule has 0 unspecified atom stereocenters. The molecule has 4 nitrogen and oxygen atoms in total. The molecule has 0 amide bonds. The molecule has 118 valence electrons. The van der Waals surface area contributed by atoms with Crippen molar-refractivity contribution in [2.24, 2.45) is 11.8 Å². The van der Waals surface area contributed by atoms with E-state index in [-0.39, 0.29) is 24.6 Å². The van der Waals surface area contributed by atoms with Crippen LogP contribution >= 0.6 is 0 Å². The number of cyclic esters (lactones) is 1. The Kier molecular flexibility index (Phi) is 3.25. The number of ether oxygens (including phenoxy) is 2. The first kappa shape index (κ1) is 14.4. The van der Waals surface area contributed by atoms with Gasteiger partial charge in [0.1, 0.15) is 11.5 Å². The van der Waals surface area contributed by atoms with Gasteiger partial charge in [-0.1, -0.05) is 54.6 Å². The van der Waals surface area contributed by atoms with Crippen LogP contribution in [0.3, 0.4) is 0 Å². The summed E-state index contributed by atoms with van der Waals surface area (Å²) < 4.78 is 11.0. The van der Waals surface area contributed by atoms with Crippen LogP contribution in [0.2, 0.25) is 0 Å². The van der Waals surface area contributed by atoms with Crippen LogP contribution < -0.4 is 0 Å². The van der Waals surface area contributed by atoms with Crippen LogP contribution in [0, 0.1) is 11.8 Å². The second-order valence-corrected chi connectivity index (χ2v) is 6.15. The predicted molar refractivity (Wildman–Crippen MR) is 83.6 cm³/mol. The maximum absolute atomic E-state index is 12.4. The van der Waals surface area contributed by atoms with Crippen molar-refractivity contribution in [2.75, 3.05) is 13.7 Å². The van der Waals surface area contributed by atoms with Crippen molar-refractivity contribution in [3.05, 3.63) is 71.3 Å². The summed E-state index contributed by atoms with van der Waals surface area (Å²) in [5.74, 6) is -1.23. The maximum atomic E-state index is 12.4. The highest BCUT2D eigenvalue weighted by Gasteiger charge is 2.59. The number of hydrogen-bond acceptors (Lipinski definition) is 4. The number of esters is 1. The van der Waals surface area contributed by atoms with E-state index in [9.17, 15) is 9.90 Å². The lowest BCUT2D eigenvalue weighted by atomic mass is 9.63. The second kappa shape index (κ2) is 5.18. The van der Waals surface area contributed by atoms with E-state index in [0.717, 1.165) is 11.1 Å². The minimum atomic E-state index is -1.40. The number of fused-ring (bicyclic) bond motifs is 2. The molecule has 1 saturated heterocycles. The van der Waals surface area contributed by atoms with Crippen LogP contribution in [0.1, 0.15) is 22.8 Å².